The second-order valence-electron chi connectivity index (χ2n) is 4.15. The Hall–Kier alpha value is -1.79. The van der Waals surface area contributed by atoms with Crippen molar-refractivity contribution in [2.45, 2.75) is 13.5 Å². The fourth-order valence-corrected chi connectivity index (χ4v) is 2.06. The summed E-state index contributed by atoms with van der Waals surface area (Å²) in [6.45, 7) is 2.81. The molecule has 18 heavy (non-hydrogen) atoms. The molecule has 90 valence electrons. The molecule has 2 aromatic rings. The highest BCUT2D eigenvalue weighted by Gasteiger charge is 2.00. The Morgan fingerprint density at radius 1 is 1.17 bits per heavy atom. The van der Waals surface area contributed by atoms with Crippen molar-refractivity contribution in [3.8, 4) is 6.07 Å². The molecule has 0 spiro atoms. The largest absolute Gasteiger partial charge is 0.380 e. The molecule has 2 rings (SSSR count). The van der Waals surface area contributed by atoms with Crippen LogP contribution < -0.4 is 5.32 Å². The smallest absolute Gasteiger partial charge is 0.0991 e. The van der Waals surface area contributed by atoms with Crippen LogP contribution in [0.3, 0.4) is 0 Å². The molecule has 0 aliphatic carbocycles. The number of nitrogens with zero attached hydrogens (tertiary/aromatic N) is 1. The second-order valence-corrected chi connectivity index (χ2v) is 5.00. The SMILES string of the molecule is Cc1ccc(Br)c(NCc2ccc(C#N)cc2)c1. The maximum Gasteiger partial charge on any atom is 0.0991 e. The summed E-state index contributed by atoms with van der Waals surface area (Å²) in [7, 11) is 0. The summed E-state index contributed by atoms with van der Waals surface area (Å²) >= 11 is 3.52. The average molecular weight is 301 g/mol. The molecule has 0 radical (unpaired) electrons. The molecule has 0 aromatic heterocycles. The normalized spacial score (nSPS) is 9.83. The van der Waals surface area contributed by atoms with E-state index in [4.69, 9.17) is 5.26 Å². The van der Waals surface area contributed by atoms with Crippen LogP contribution in [0, 0.1) is 18.3 Å². The number of benzene rings is 2. The van der Waals surface area contributed by atoms with Crippen molar-refractivity contribution in [1.82, 2.24) is 0 Å². The van der Waals surface area contributed by atoms with Gasteiger partial charge in [-0.25, -0.2) is 0 Å². The lowest BCUT2D eigenvalue weighted by molar-refractivity contribution is 1.14. The zero-order chi connectivity index (χ0) is 13.0. The minimum absolute atomic E-state index is 0.690. The Morgan fingerprint density at radius 2 is 1.89 bits per heavy atom. The van der Waals surface area contributed by atoms with Crippen LogP contribution >= 0.6 is 15.9 Å². The Balaban J connectivity index is 2.07. The van der Waals surface area contributed by atoms with Gasteiger partial charge in [0.05, 0.1) is 11.6 Å². The highest BCUT2D eigenvalue weighted by atomic mass is 79.9. The number of rotatable bonds is 3. The van der Waals surface area contributed by atoms with E-state index in [0.717, 1.165) is 22.3 Å². The molecule has 0 fully saturated rings. The number of halogens is 1. The van der Waals surface area contributed by atoms with E-state index in [-0.39, 0.29) is 0 Å². The van der Waals surface area contributed by atoms with Gasteiger partial charge in [0, 0.05) is 16.7 Å². The van der Waals surface area contributed by atoms with Gasteiger partial charge in [0.25, 0.3) is 0 Å². The van der Waals surface area contributed by atoms with Crippen molar-refractivity contribution in [2.75, 3.05) is 5.32 Å². The van der Waals surface area contributed by atoms with Crippen molar-refractivity contribution in [3.63, 3.8) is 0 Å². The van der Waals surface area contributed by atoms with Crippen LogP contribution in [0.15, 0.2) is 46.9 Å². The highest BCUT2D eigenvalue weighted by Crippen LogP contribution is 2.23. The van der Waals surface area contributed by atoms with E-state index in [1.165, 1.54) is 5.56 Å². The molecule has 0 atom stereocenters. The molecule has 2 nitrogen and oxygen atoms in total. The lowest BCUT2D eigenvalue weighted by Gasteiger charge is -2.09. The van der Waals surface area contributed by atoms with E-state index in [2.05, 4.69) is 46.4 Å². The Morgan fingerprint density at radius 3 is 2.56 bits per heavy atom. The zero-order valence-corrected chi connectivity index (χ0v) is 11.7. The third-order valence-corrected chi connectivity index (χ3v) is 3.38. The van der Waals surface area contributed by atoms with Gasteiger partial charge >= 0.3 is 0 Å². The summed E-state index contributed by atoms with van der Waals surface area (Å²) < 4.78 is 1.06. The van der Waals surface area contributed by atoms with Gasteiger partial charge in [-0.3, -0.25) is 0 Å². The lowest BCUT2D eigenvalue weighted by atomic mass is 10.1. The lowest BCUT2D eigenvalue weighted by Crippen LogP contribution is -2.00. The van der Waals surface area contributed by atoms with Crippen LogP contribution in [0.2, 0.25) is 0 Å². The third-order valence-electron chi connectivity index (χ3n) is 2.69. The molecule has 0 unspecified atom stereocenters. The topological polar surface area (TPSA) is 35.8 Å². The molecule has 0 heterocycles. The quantitative estimate of drug-likeness (QED) is 0.920. The molecular formula is C15H13BrN2. The minimum atomic E-state index is 0.690. The van der Waals surface area contributed by atoms with Gasteiger partial charge in [0.2, 0.25) is 0 Å². The second kappa shape index (κ2) is 5.70. The predicted molar refractivity (Wildman–Crippen MR) is 77.4 cm³/mol. The average Bonchev–Trinajstić information content (AvgIpc) is 2.40. The first-order chi connectivity index (χ1) is 8.69. The van der Waals surface area contributed by atoms with Crippen molar-refractivity contribution >= 4 is 21.6 Å². The van der Waals surface area contributed by atoms with Gasteiger partial charge in [-0.05, 0) is 58.2 Å². The summed E-state index contributed by atoms with van der Waals surface area (Å²) in [5.74, 6) is 0. The van der Waals surface area contributed by atoms with Crippen LogP contribution in [0.5, 0.6) is 0 Å². The van der Waals surface area contributed by atoms with Crippen molar-refractivity contribution in [3.05, 3.63) is 63.6 Å². The van der Waals surface area contributed by atoms with Gasteiger partial charge in [0.1, 0.15) is 0 Å². The molecule has 0 bridgehead atoms. The summed E-state index contributed by atoms with van der Waals surface area (Å²) in [6, 6.07) is 15.9. The Bertz CT molecular complexity index is 582. The van der Waals surface area contributed by atoms with Gasteiger partial charge < -0.3 is 5.32 Å². The van der Waals surface area contributed by atoms with E-state index >= 15 is 0 Å². The number of aryl methyl sites for hydroxylation is 1. The highest BCUT2D eigenvalue weighted by molar-refractivity contribution is 9.10. The summed E-state index contributed by atoms with van der Waals surface area (Å²) in [5.41, 5.74) is 4.15. The van der Waals surface area contributed by atoms with Crippen LogP contribution in [-0.2, 0) is 6.54 Å². The number of anilines is 1. The molecule has 3 heteroatoms. The summed E-state index contributed by atoms with van der Waals surface area (Å²) in [5, 5.41) is 12.1. The zero-order valence-electron chi connectivity index (χ0n) is 10.1. The van der Waals surface area contributed by atoms with E-state index in [1.807, 2.05) is 30.3 Å². The van der Waals surface area contributed by atoms with E-state index < -0.39 is 0 Å². The number of nitriles is 1. The predicted octanol–water partition coefficient (Wildman–Crippen LogP) is 4.24. The number of nitrogens with one attached hydrogen (secondary N) is 1. The van der Waals surface area contributed by atoms with E-state index in [1.54, 1.807) is 0 Å². The van der Waals surface area contributed by atoms with E-state index in [0.29, 0.717) is 5.56 Å². The fraction of sp³-hybridized carbons (Fsp3) is 0.133. The van der Waals surface area contributed by atoms with Crippen LogP contribution in [-0.4, -0.2) is 0 Å². The number of hydrogen-bond donors (Lipinski definition) is 1. The molecule has 0 aliphatic rings. The molecule has 0 saturated carbocycles. The Kier molecular flexibility index (Phi) is 4.01. The fourth-order valence-electron chi connectivity index (χ4n) is 1.67. The number of hydrogen-bond acceptors (Lipinski definition) is 2. The van der Waals surface area contributed by atoms with Crippen molar-refractivity contribution < 1.29 is 0 Å². The molecule has 0 amide bonds. The summed E-state index contributed by atoms with van der Waals surface area (Å²) in [6.07, 6.45) is 0. The Labute approximate surface area is 115 Å². The first-order valence-corrected chi connectivity index (χ1v) is 6.47. The van der Waals surface area contributed by atoms with Gasteiger partial charge in [-0.1, -0.05) is 18.2 Å². The van der Waals surface area contributed by atoms with Crippen molar-refractivity contribution in [2.24, 2.45) is 0 Å². The maximum absolute atomic E-state index is 8.73. The maximum atomic E-state index is 8.73. The summed E-state index contributed by atoms with van der Waals surface area (Å²) in [4.78, 5) is 0. The van der Waals surface area contributed by atoms with Crippen LogP contribution in [0.25, 0.3) is 0 Å². The molecule has 2 aromatic carbocycles. The molecule has 1 N–H and O–H groups in total. The van der Waals surface area contributed by atoms with Gasteiger partial charge in [-0.2, -0.15) is 5.26 Å². The standard InChI is InChI=1S/C15H13BrN2/c1-11-2-7-14(16)15(8-11)18-10-13-5-3-12(9-17)4-6-13/h2-8,18H,10H2,1H3. The third kappa shape index (κ3) is 3.12. The first-order valence-electron chi connectivity index (χ1n) is 5.68. The van der Waals surface area contributed by atoms with Gasteiger partial charge in [-0.15, -0.1) is 0 Å². The van der Waals surface area contributed by atoms with E-state index in [9.17, 15) is 0 Å². The molecule has 0 saturated heterocycles. The monoisotopic (exact) mass is 300 g/mol. The molecule has 0 aliphatic heterocycles. The minimum Gasteiger partial charge on any atom is -0.380 e. The van der Waals surface area contributed by atoms with Crippen LogP contribution in [0.4, 0.5) is 5.69 Å². The van der Waals surface area contributed by atoms with Crippen molar-refractivity contribution in [1.29, 1.82) is 5.26 Å². The van der Waals surface area contributed by atoms with Gasteiger partial charge in [0.15, 0.2) is 0 Å². The first kappa shape index (κ1) is 12.7. The molecular weight excluding hydrogens is 288 g/mol. The van der Waals surface area contributed by atoms with Crippen LogP contribution in [0.1, 0.15) is 16.7 Å².